The molecule has 0 saturated carbocycles. The van der Waals surface area contributed by atoms with Crippen LogP contribution in [0.2, 0.25) is 0 Å². The van der Waals surface area contributed by atoms with Crippen molar-refractivity contribution in [1.82, 2.24) is 9.97 Å². The number of methoxy groups -OCH3 is 1. The second-order valence-electron chi connectivity index (χ2n) is 6.51. The molecule has 1 saturated heterocycles. The Balaban J connectivity index is 1.84. The molecule has 1 aromatic heterocycles. The molecule has 0 amide bonds. The number of benzene rings is 1. The summed E-state index contributed by atoms with van der Waals surface area (Å²) in [7, 11) is 1.20. The van der Waals surface area contributed by atoms with Crippen LogP contribution in [-0.4, -0.2) is 35.9 Å². The zero-order valence-corrected chi connectivity index (χ0v) is 14.7. The predicted octanol–water partition coefficient (Wildman–Crippen LogP) is 2.45. The highest BCUT2D eigenvalue weighted by atomic mass is 16.7. The molecule has 0 radical (unpaired) electrons. The Kier molecular flexibility index (Phi) is 4.47. The van der Waals surface area contributed by atoms with E-state index >= 15 is 0 Å². The molecule has 2 aromatic rings. The molecule has 3 rings (SSSR count). The van der Waals surface area contributed by atoms with E-state index in [1.54, 1.807) is 19.4 Å². The minimum absolute atomic E-state index is 0.0288. The van der Waals surface area contributed by atoms with Crippen LogP contribution in [0.15, 0.2) is 30.5 Å². The van der Waals surface area contributed by atoms with Gasteiger partial charge in [0.05, 0.1) is 18.8 Å². The number of nitrogens with one attached hydrogen (secondary N) is 1. The monoisotopic (exact) mass is 327 g/mol. The Bertz CT molecular complexity index is 739. The molecule has 0 spiro atoms. The average Bonchev–Trinajstić information content (AvgIpc) is 2.80. The number of nitrogens with zero attached hydrogens (tertiary/aromatic N) is 2. The summed E-state index contributed by atoms with van der Waals surface area (Å²) in [6.45, 7) is 8.14. The average molecular weight is 327 g/mol. The van der Waals surface area contributed by atoms with Gasteiger partial charge in [-0.05, 0) is 50.9 Å². The van der Waals surface area contributed by atoms with E-state index in [9.17, 15) is 0 Å². The Labute approximate surface area is 142 Å². The quantitative estimate of drug-likeness (QED) is 0.870. The highest BCUT2D eigenvalue weighted by Gasteiger charge is 2.43. The van der Waals surface area contributed by atoms with Crippen molar-refractivity contribution in [2.75, 3.05) is 12.4 Å². The van der Waals surface area contributed by atoms with E-state index in [1.165, 1.54) is 0 Å². The lowest BCUT2D eigenvalue weighted by Gasteiger charge is -2.21. The molecule has 6 nitrogen and oxygen atoms in total. The minimum atomic E-state index is -0.373. The summed E-state index contributed by atoms with van der Waals surface area (Å²) in [4.78, 5) is 8.48. The van der Waals surface area contributed by atoms with E-state index in [0.717, 1.165) is 16.7 Å². The lowest BCUT2D eigenvalue weighted by molar-refractivity contribution is 0.0842. The number of ether oxygens (including phenoxy) is 1. The van der Waals surface area contributed by atoms with Crippen LogP contribution in [0.1, 0.15) is 26.3 Å². The predicted molar refractivity (Wildman–Crippen MR) is 94.1 cm³/mol. The SMILES string of the molecule is COc1ccnc(Nc2cc(C)cc(B3OC(C)C(C)(C)O3)c2)n1. The Morgan fingerprint density at radius 2 is 2.08 bits per heavy atom. The van der Waals surface area contributed by atoms with Gasteiger partial charge in [-0.1, -0.05) is 6.07 Å². The molecule has 1 aromatic carbocycles. The number of aromatic nitrogens is 2. The molecule has 1 N–H and O–H groups in total. The summed E-state index contributed by atoms with van der Waals surface area (Å²) in [5.41, 5.74) is 2.64. The highest BCUT2D eigenvalue weighted by Crippen LogP contribution is 2.27. The first-order valence-corrected chi connectivity index (χ1v) is 7.96. The summed E-state index contributed by atoms with van der Waals surface area (Å²) < 4.78 is 17.1. The smallest absolute Gasteiger partial charge is 0.481 e. The Morgan fingerprint density at radius 1 is 1.29 bits per heavy atom. The lowest BCUT2D eigenvalue weighted by atomic mass is 9.78. The maximum Gasteiger partial charge on any atom is 0.494 e. The van der Waals surface area contributed by atoms with E-state index in [-0.39, 0.29) is 18.8 Å². The standard InChI is InChI=1S/C17H22BN3O3/c1-11-8-13(18-23-12(2)17(3,4)24-18)10-14(9-11)20-16-19-7-6-15(21-16)22-5/h6-10,12H,1-5H3,(H,19,20,21). The van der Waals surface area contributed by atoms with E-state index in [0.29, 0.717) is 11.8 Å². The molecule has 7 heteroatoms. The van der Waals surface area contributed by atoms with Crippen molar-refractivity contribution < 1.29 is 14.0 Å². The van der Waals surface area contributed by atoms with Crippen molar-refractivity contribution in [2.45, 2.75) is 39.4 Å². The van der Waals surface area contributed by atoms with E-state index < -0.39 is 0 Å². The largest absolute Gasteiger partial charge is 0.494 e. The van der Waals surface area contributed by atoms with Crippen LogP contribution in [0.5, 0.6) is 5.88 Å². The number of hydrogen-bond donors (Lipinski definition) is 1. The minimum Gasteiger partial charge on any atom is -0.481 e. The van der Waals surface area contributed by atoms with Crippen LogP contribution < -0.4 is 15.5 Å². The van der Waals surface area contributed by atoms with Gasteiger partial charge in [0.2, 0.25) is 11.8 Å². The summed E-state index contributed by atoms with van der Waals surface area (Å²) in [6, 6.07) is 7.79. The summed E-state index contributed by atoms with van der Waals surface area (Å²) >= 11 is 0. The van der Waals surface area contributed by atoms with Crippen molar-refractivity contribution in [3.8, 4) is 5.88 Å². The van der Waals surface area contributed by atoms with Gasteiger partial charge < -0.3 is 19.4 Å². The maximum atomic E-state index is 6.04. The van der Waals surface area contributed by atoms with Crippen molar-refractivity contribution in [3.63, 3.8) is 0 Å². The molecule has 1 aliphatic heterocycles. The lowest BCUT2D eigenvalue weighted by Crippen LogP contribution is -2.35. The van der Waals surface area contributed by atoms with Gasteiger partial charge in [-0.15, -0.1) is 0 Å². The molecule has 1 atom stereocenters. The van der Waals surface area contributed by atoms with Crippen LogP contribution in [0.25, 0.3) is 0 Å². The van der Waals surface area contributed by atoms with E-state index in [1.807, 2.05) is 39.8 Å². The van der Waals surface area contributed by atoms with Gasteiger partial charge in [0.15, 0.2) is 0 Å². The third-order valence-corrected chi connectivity index (χ3v) is 4.18. The summed E-state index contributed by atoms with van der Waals surface area (Å²) in [5, 5.41) is 3.20. The molecule has 24 heavy (non-hydrogen) atoms. The molecule has 126 valence electrons. The molecule has 1 fully saturated rings. The van der Waals surface area contributed by atoms with Gasteiger partial charge in [-0.2, -0.15) is 4.98 Å². The first-order chi connectivity index (χ1) is 11.4. The van der Waals surface area contributed by atoms with E-state index in [2.05, 4.69) is 21.4 Å². The van der Waals surface area contributed by atoms with Crippen molar-refractivity contribution >= 4 is 24.2 Å². The second kappa shape index (κ2) is 6.41. The van der Waals surface area contributed by atoms with Crippen molar-refractivity contribution in [2.24, 2.45) is 0 Å². The molecule has 1 aliphatic rings. The maximum absolute atomic E-state index is 6.04. The van der Waals surface area contributed by atoms with Gasteiger partial charge in [0.25, 0.3) is 0 Å². The van der Waals surface area contributed by atoms with Crippen LogP contribution in [0.3, 0.4) is 0 Å². The van der Waals surface area contributed by atoms with Crippen LogP contribution in [0.4, 0.5) is 11.6 Å². The molecular weight excluding hydrogens is 305 g/mol. The molecule has 1 unspecified atom stereocenters. The van der Waals surface area contributed by atoms with Gasteiger partial charge in [0, 0.05) is 18.0 Å². The first-order valence-electron chi connectivity index (χ1n) is 7.96. The van der Waals surface area contributed by atoms with Crippen molar-refractivity contribution in [1.29, 1.82) is 0 Å². The third-order valence-electron chi connectivity index (χ3n) is 4.18. The number of hydrogen-bond acceptors (Lipinski definition) is 6. The molecular formula is C17H22BN3O3. The fourth-order valence-electron chi connectivity index (χ4n) is 2.56. The third kappa shape index (κ3) is 3.52. The number of rotatable bonds is 4. The van der Waals surface area contributed by atoms with Gasteiger partial charge in [-0.3, -0.25) is 0 Å². The number of anilines is 2. The van der Waals surface area contributed by atoms with Gasteiger partial charge in [0.1, 0.15) is 0 Å². The zero-order valence-electron chi connectivity index (χ0n) is 14.7. The first kappa shape index (κ1) is 16.7. The van der Waals surface area contributed by atoms with Crippen LogP contribution in [-0.2, 0) is 9.31 Å². The Morgan fingerprint density at radius 3 is 2.75 bits per heavy atom. The normalized spacial score (nSPS) is 19.4. The molecule has 0 bridgehead atoms. The Hall–Kier alpha value is -2.12. The van der Waals surface area contributed by atoms with Crippen LogP contribution in [0, 0.1) is 6.92 Å². The van der Waals surface area contributed by atoms with Crippen LogP contribution >= 0.6 is 0 Å². The fraction of sp³-hybridized carbons (Fsp3) is 0.412. The highest BCUT2D eigenvalue weighted by molar-refractivity contribution is 6.62. The van der Waals surface area contributed by atoms with E-state index in [4.69, 9.17) is 14.0 Å². The summed E-state index contributed by atoms with van der Waals surface area (Å²) in [5.74, 6) is 0.992. The topological polar surface area (TPSA) is 65.5 Å². The van der Waals surface area contributed by atoms with Crippen molar-refractivity contribution in [3.05, 3.63) is 36.0 Å². The summed E-state index contributed by atoms with van der Waals surface area (Å²) in [6.07, 6.45) is 1.68. The van der Waals surface area contributed by atoms with Gasteiger partial charge in [-0.25, -0.2) is 4.98 Å². The van der Waals surface area contributed by atoms with Gasteiger partial charge >= 0.3 is 7.12 Å². The molecule has 2 heterocycles. The second-order valence-corrected chi connectivity index (χ2v) is 6.51. The zero-order chi connectivity index (χ0) is 17.3. The molecule has 0 aliphatic carbocycles. The fourth-order valence-corrected chi connectivity index (χ4v) is 2.56. The number of aryl methyl sites for hydroxylation is 1.